The van der Waals surface area contributed by atoms with Gasteiger partial charge in [0, 0.05) is 13.0 Å². The SMILES string of the molecule is COC(=O)[C@H]1CCC[C@@](Cc2ccccc2)(C(=O)OC)N1Cc1ccccc1. The zero-order valence-corrected chi connectivity index (χ0v) is 16.5. The van der Waals surface area contributed by atoms with Crippen molar-refractivity contribution < 1.29 is 19.1 Å². The van der Waals surface area contributed by atoms with E-state index in [0.717, 1.165) is 17.5 Å². The molecule has 1 aliphatic rings. The molecule has 0 unspecified atom stereocenters. The highest BCUT2D eigenvalue weighted by Gasteiger charge is 2.52. The van der Waals surface area contributed by atoms with Crippen molar-refractivity contribution in [3.63, 3.8) is 0 Å². The summed E-state index contributed by atoms with van der Waals surface area (Å²) in [5.74, 6) is -0.613. The molecule has 0 radical (unpaired) electrons. The Kier molecular flexibility index (Phi) is 6.47. The van der Waals surface area contributed by atoms with E-state index >= 15 is 0 Å². The number of carbonyl (C=O) groups excluding carboxylic acids is 2. The van der Waals surface area contributed by atoms with E-state index in [0.29, 0.717) is 25.8 Å². The Balaban J connectivity index is 2.06. The highest BCUT2D eigenvalue weighted by atomic mass is 16.5. The van der Waals surface area contributed by atoms with Gasteiger partial charge in [0.2, 0.25) is 0 Å². The van der Waals surface area contributed by atoms with E-state index in [-0.39, 0.29) is 11.9 Å². The van der Waals surface area contributed by atoms with Gasteiger partial charge in [0.1, 0.15) is 11.6 Å². The molecule has 0 amide bonds. The van der Waals surface area contributed by atoms with Crippen molar-refractivity contribution in [2.75, 3.05) is 14.2 Å². The number of piperidine rings is 1. The summed E-state index contributed by atoms with van der Waals surface area (Å²) in [4.78, 5) is 27.7. The fourth-order valence-corrected chi connectivity index (χ4v) is 4.21. The molecule has 3 rings (SSSR count). The van der Waals surface area contributed by atoms with Gasteiger partial charge < -0.3 is 9.47 Å². The number of hydrogen-bond donors (Lipinski definition) is 0. The third kappa shape index (κ3) is 4.09. The highest BCUT2D eigenvalue weighted by molar-refractivity contribution is 5.84. The fraction of sp³-hybridized carbons (Fsp3) is 0.391. The zero-order valence-electron chi connectivity index (χ0n) is 16.5. The molecule has 0 spiro atoms. The van der Waals surface area contributed by atoms with Crippen LogP contribution in [0.5, 0.6) is 0 Å². The number of carbonyl (C=O) groups is 2. The van der Waals surface area contributed by atoms with Crippen LogP contribution in [0.15, 0.2) is 60.7 Å². The molecule has 0 aromatic heterocycles. The first-order valence-corrected chi connectivity index (χ1v) is 9.61. The molecule has 1 fully saturated rings. The summed E-state index contributed by atoms with van der Waals surface area (Å²) in [6.45, 7) is 0.475. The van der Waals surface area contributed by atoms with Gasteiger partial charge in [-0.3, -0.25) is 14.5 Å². The number of rotatable bonds is 6. The number of methoxy groups -OCH3 is 2. The summed E-state index contributed by atoms with van der Waals surface area (Å²) in [5, 5.41) is 0. The van der Waals surface area contributed by atoms with E-state index in [4.69, 9.17) is 9.47 Å². The average molecular weight is 381 g/mol. The normalized spacial score (nSPS) is 22.4. The van der Waals surface area contributed by atoms with Crippen LogP contribution in [-0.4, -0.2) is 42.6 Å². The molecule has 2 aromatic rings. The molecule has 28 heavy (non-hydrogen) atoms. The molecule has 148 valence electrons. The predicted molar refractivity (Wildman–Crippen MR) is 107 cm³/mol. The van der Waals surface area contributed by atoms with Crippen molar-refractivity contribution in [2.24, 2.45) is 0 Å². The molecular formula is C23H27NO4. The highest BCUT2D eigenvalue weighted by Crippen LogP contribution is 2.38. The predicted octanol–water partition coefficient (Wildman–Crippen LogP) is 3.37. The van der Waals surface area contributed by atoms with Crippen LogP contribution in [-0.2, 0) is 32.0 Å². The van der Waals surface area contributed by atoms with Crippen LogP contribution in [0.4, 0.5) is 0 Å². The Morgan fingerprint density at radius 2 is 1.57 bits per heavy atom. The largest absolute Gasteiger partial charge is 0.468 e. The number of likely N-dealkylation sites (tertiary alicyclic amines) is 1. The summed E-state index contributed by atoms with van der Waals surface area (Å²) < 4.78 is 10.3. The van der Waals surface area contributed by atoms with Gasteiger partial charge in [-0.2, -0.15) is 0 Å². The second-order valence-electron chi connectivity index (χ2n) is 7.23. The zero-order chi connectivity index (χ0) is 20.0. The second-order valence-corrected chi connectivity index (χ2v) is 7.23. The molecule has 5 heteroatoms. The van der Waals surface area contributed by atoms with Crippen LogP contribution in [0.1, 0.15) is 30.4 Å². The molecule has 2 aromatic carbocycles. The van der Waals surface area contributed by atoms with Gasteiger partial charge in [-0.15, -0.1) is 0 Å². The first kappa shape index (κ1) is 20.1. The van der Waals surface area contributed by atoms with Crippen molar-refractivity contribution in [1.29, 1.82) is 0 Å². The molecule has 0 saturated carbocycles. The standard InChI is InChI=1S/C23H27NO4/c1-27-21(25)20-14-9-15-23(22(26)28-2,16-18-10-5-3-6-11-18)24(20)17-19-12-7-4-8-13-19/h3-8,10-13,20H,9,14-17H2,1-2H3/t20-,23-/m1/s1. The van der Waals surface area contributed by atoms with Crippen molar-refractivity contribution in [3.05, 3.63) is 71.8 Å². The van der Waals surface area contributed by atoms with Crippen LogP contribution in [0.25, 0.3) is 0 Å². The summed E-state index contributed by atoms with van der Waals surface area (Å²) >= 11 is 0. The van der Waals surface area contributed by atoms with Crippen LogP contribution in [0.2, 0.25) is 0 Å². The summed E-state index contributed by atoms with van der Waals surface area (Å²) in [6.07, 6.45) is 2.54. The lowest BCUT2D eigenvalue weighted by Crippen LogP contribution is -2.64. The maximum absolute atomic E-state index is 13.1. The lowest BCUT2D eigenvalue weighted by atomic mass is 9.78. The number of esters is 2. The Morgan fingerprint density at radius 3 is 2.14 bits per heavy atom. The third-order valence-electron chi connectivity index (χ3n) is 5.57. The van der Waals surface area contributed by atoms with Crippen LogP contribution in [0, 0.1) is 0 Å². The van der Waals surface area contributed by atoms with Crippen LogP contribution >= 0.6 is 0 Å². The molecule has 1 saturated heterocycles. The van der Waals surface area contributed by atoms with Crippen molar-refractivity contribution in [3.8, 4) is 0 Å². The Bertz CT molecular complexity index is 793. The quantitative estimate of drug-likeness (QED) is 0.718. The number of ether oxygens (including phenoxy) is 2. The number of hydrogen-bond acceptors (Lipinski definition) is 5. The van der Waals surface area contributed by atoms with E-state index in [2.05, 4.69) is 0 Å². The van der Waals surface area contributed by atoms with E-state index in [1.807, 2.05) is 65.6 Å². The summed E-state index contributed by atoms with van der Waals surface area (Å²) in [5.41, 5.74) is 1.17. The molecule has 0 N–H and O–H groups in total. The number of benzene rings is 2. The van der Waals surface area contributed by atoms with Crippen molar-refractivity contribution in [1.82, 2.24) is 4.90 Å². The monoisotopic (exact) mass is 381 g/mol. The molecular weight excluding hydrogens is 354 g/mol. The van der Waals surface area contributed by atoms with Crippen molar-refractivity contribution in [2.45, 2.75) is 43.8 Å². The lowest BCUT2D eigenvalue weighted by molar-refractivity contribution is -0.169. The molecule has 1 aliphatic heterocycles. The topological polar surface area (TPSA) is 55.8 Å². The third-order valence-corrected chi connectivity index (χ3v) is 5.57. The Morgan fingerprint density at radius 1 is 0.964 bits per heavy atom. The molecule has 5 nitrogen and oxygen atoms in total. The Labute approximate surface area is 166 Å². The van der Waals surface area contributed by atoms with Gasteiger partial charge in [0.05, 0.1) is 14.2 Å². The molecule has 0 aliphatic carbocycles. The second kappa shape index (κ2) is 9.02. The minimum atomic E-state index is -0.914. The Hall–Kier alpha value is -2.66. The van der Waals surface area contributed by atoms with Crippen LogP contribution < -0.4 is 0 Å². The van der Waals surface area contributed by atoms with Crippen LogP contribution in [0.3, 0.4) is 0 Å². The van der Waals surface area contributed by atoms with Gasteiger partial charge in [0.15, 0.2) is 0 Å². The maximum Gasteiger partial charge on any atom is 0.326 e. The van der Waals surface area contributed by atoms with Gasteiger partial charge in [-0.1, -0.05) is 60.7 Å². The van der Waals surface area contributed by atoms with E-state index in [9.17, 15) is 9.59 Å². The lowest BCUT2D eigenvalue weighted by Gasteiger charge is -2.48. The molecule has 1 heterocycles. The smallest absolute Gasteiger partial charge is 0.326 e. The van der Waals surface area contributed by atoms with Crippen molar-refractivity contribution >= 4 is 11.9 Å². The first-order chi connectivity index (χ1) is 13.6. The van der Waals surface area contributed by atoms with Gasteiger partial charge in [-0.05, 0) is 30.4 Å². The summed E-state index contributed by atoms with van der Waals surface area (Å²) in [7, 11) is 2.81. The number of nitrogens with zero attached hydrogens (tertiary/aromatic N) is 1. The molecule has 2 atom stereocenters. The summed E-state index contributed by atoms with van der Waals surface area (Å²) in [6, 6.07) is 19.3. The first-order valence-electron chi connectivity index (χ1n) is 9.61. The average Bonchev–Trinajstić information content (AvgIpc) is 2.75. The van der Waals surface area contributed by atoms with E-state index < -0.39 is 11.6 Å². The minimum absolute atomic E-state index is 0.305. The van der Waals surface area contributed by atoms with Gasteiger partial charge in [0.25, 0.3) is 0 Å². The van der Waals surface area contributed by atoms with Gasteiger partial charge >= 0.3 is 11.9 Å². The van der Waals surface area contributed by atoms with E-state index in [1.165, 1.54) is 14.2 Å². The fourth-order valence-electron chi connectivity index (χ4n) is 4.21. The molecule has 0 bridgehead atoms. The van der Waals surface area contributed by atoms with E-state index in [1.54, 1.807) is 0 Å². The maximum atomic E-state index is 13.1. The van der Waals surface area contributed by atoms with Gasteiger partial charge in [-0.25, -0.2) is 0 Å². The minimum Gasteiger partial charge on any atom is -0.468 e.